The molecule has 17 heavy (non-hydrogen) atoms. The minimum absolute atomic E-state index is 0.0576. The number of nitrogens with two attached hydrogens (primary N) is 1. The Balaban J connectivity index is 2.61. The normalized spacial score (nSPS) is 11.2. The zero-order valence-corrected chi connectivity index (χ0v) is 10.9. The van der Waals surface area contributed by atoms with Gasteiger partial charge in [0.2, 0.25) is 10.0 Å². The van der Waals surface area contributed by atoms with Crippen LogP contribution in [0.1, 0.15) is 10.4 Å². The third kappa shape index (κ3) is 4.91. The molecule has 3 N–H and O–H groups in total. The summed E-state index contributed by atoms with van der Waals surface area (Å²) >= 11 is 11.4. The largest absolute Gasteiger partial charge is 0.351 e. The number of sulfonamides is 1. The number of carbonyl (C=O) groups is 1. The second kappa shape index (κ2) is 5.68. The summed E-state index contributed by atoms with van der Waals surface area (Å²) in [4.78, 5) is 11.5. The van der Waals surface area contributed by atoms with E-state index >= 15 is 0 Å². The predicted octanol–water partition coefficient (Wildman–Crippen LogP) is 1.01. The molecule has 0 aliphatic rings. The highest BCUT2D eigenvalue weighted by molar-refractivity contribution is 7.89. The molecule has 0 saturated heterocycles. The average Bonchev–Trinajstić information content (AvgIpc) is 2.20. The molecule has 0 saturated carbocycles. The summed E-state index contributed by atoms with van der Waals surface area (Å²) in [5.74, 6) is -0.757. The van der Waals surface area contributed by atoms with Gasteiger partial charge in [-0.15, -0.1) is 0 Å². The molecule has 0 atom stereocenters. The minimum Gasteiger partial charge on any atom is -0.351 e. The first-order chi connectivity index (χ1) is 7.79. The van der Waals surface area contributed by atoms with Crippen LogP contribution in [-0.2, 0) is 10.0 Å². The van der Waals surface area contributed by atoms with Crippen molar-refractivity contribution in [2.45, 2.75) is 0 Å². The van der Waals surface area contributed by atoms with Gasteiger partial charge in [-0.1, -0.05) is 23.2 Å². The van der Waals surface area contributed by atoms with Crippen LogP contribution in [0.5, 0.6) is 0 Å². The standard InChI is InChI=1S/C9H10Cl2N2O3S/c10-7-2-1-6(5-8(7)11)9(14)13-3-4-17(12,15)16/h1-2,5H,3-4H2,(H,13,14)(H2,12,15,16). The van der Waals surface area contributed by atoms with Crippen LogP contribution in [0, 0.1) is 0 Å². The number of benzene rings is 1. The van der Waals surface area contributed by atoms with Gasteiger partial charge in [0, 0.05) is 12.1 Å². The summed E-state index contributed by atoms with van der Waals surface area (Å²) in [6.45, 7) is -0.0576. The lowest BCUT2D eigenvalue weighted by Crippen LogP contribution is -2.31. The SMILES string of the molecule is NS(=O)(=O)CCNC(=O)c1ccc(Cl)c(Cl)c1. The molecule has 0 spiro atoms. The van der Waals surface area contributed by atoms with Crippen LogP contribution in [0.15, 0.2) is 18.2 Å². The summed E-state index contributed by atoms with van der Waals surface area (Å²) < 4.78 is 21.3. The molecule has 5 nitrogen and oxygen atoms in total. The van der Waals surface area contributed by atoms with E-state index in [2.05, 4.69) is 5.32 Å². The lowest BCUT2D eigenvalue weighted by Gasteiger charge is -2.05. The monoisotopic (exact) mass is 296 g/mol. The molecule has 1 aromatic rings. The molecule has 0 aliphatic carbocycles. The highest BCUT2D eigenvalue weighted by Gasteiger charge is 2.09. The first-order valence-electron chi connectivity index (χ1n) is 4.53. The molecular formula is C9H10Cl2N2O3S. The quantitative estimate of drug-likeness (QED) is 0.869. The predicted molar refractivity (Wildman–Crippen MR) is 66.8 cm³/mol. The van der Waals surface area contributed by atoms with E-state index in [-0.39, 0.29) is 17.3 Å². The van der Waals surface area contributed by atoms with E-state index in [1.165, 1.54) is 18.2 Å². The molecule has 0 aliphatic heterocycles. The molecule has 1 amide bonds. The van der Waals surface area contributed by atoms with Gasteiger partial charge in [-0.25, -0.2) is 13.6 Å². The first kappa shape index (κ1) is 14.2. The Morgan fingerprint density at radius 3 is 2.47 bits per heavy atom. The fraction of sp³-hybridized carbons (Fsp3) is 0.222. The summed E-state index contributed by atoms with van der Waals surface area (Å²) in [5.41, 5.74) is 0.300. The van der Waals surface area contributed by atoms with Crippen LogP contribution in [0.25, 0.3) is 0 Å². The third-order valence-electron chi connectivity index (χ3n) is 1.85. The van der Waals surface area contributed by atoms with E-state index in [0.29, 0.717) is 10.6 Å². The Morgan fingerprint density at radius 2 is 1.94 bits per heavy atom. The van der Waals surface area contributed by atoms with Crippen LogP contribution in [0.3, 0.4) is 0 Å². The van der Waals surface area contributed by atoms with E-state index in [9.17, 15) is 13.2 Å². The maximum absolute atomic E-state index is 11.5. The zero-order valence-electron chi connectivity index (χ0n) is 8.61. The lowest BCUT2D eigenvalue weighted by molar-refractivity contribution is 0.0956. The van der Waals surface area contributed by atoms with Crippen LogP contribution >= 0.6 is 23.2 Å². The Morgan fingerprint density at radius 1 is 1.29 bits per heavy atom. The third-order valence-corrected chi connectivity index (χ3v) is 3.37. The number of hydrogen-bond acceptors (Lipinski definition) is 3. The van der Waals surface area contributed by atoms with Gasteiger partial charge in [-0.05, 0) is 18.2 Å². The van der Waals surface area contributed by atoms with E-state index in [4.69, 9.17) is 28.3 Å². The smallest absolute Gasteiger partial charge is 0.251 e. The van der Waals surface area contributed by atoms with Gasteiger partial charge in [0.25, 0.3) is 5.91 Å². The fourth-order valence-corrected chi connectivity index (χ4v) is 1.73. The lowest BCUT2D eigenvalue weighted by atomic mass is 10.2. The van der Waals surface area contributed by atoms with Gasteiger partial charge in [0.15, 0.2) is 0 Å². The van der Waals surface area contributed by atoms with Gasteiger partial charge < -0.3 is 5.32 Å². The maximum atomic E-state index is 11.5. The summed E-state index contributed by atoms with van der Waals surface area (Å²) in [5, 5.41) is 7.78. The van der Waals surface area contributed by atoms with Crippen molar-refractivity contribution >= 4 is 39.1 Å². The molecule has 1 aromatic carbocycles. The highest BCUT2D eigenvalue weighted by Crippen LogP contribution is 2.22. The number of carbonyl (C=O) groups excluding carboxylic acids is 1. The summed E-state index contributed by atoms with van der Waals surface area (Å²) in [6.07, 6.45) is 0. The van der Waals surface area contributed by atoms with E-state index in [1.54, 1.807) is 0 Å². The van der Waals surface area contributed by atoms with Crippen LogP contribution in [0.2, 0.25) is 10.0 Å². The van der Waals surface area contributed by atoms with Crippen molar-refractivity contribution in [1.82, 2.24) is 5.32 Å². The molecule has 8 heteroatoms. The van der Waals surface area contributed by atoms with Crippen molar-refractivity contribution in [3.8, 4) is 0 Å². The van der Waals surface area contributed by atoms with Crippen molar-refractivity contribution in [3.63, 3.8) is 0 Å². The number of rotatable bonds is 4. The maximum Gasteiger partial charge on any atom is 0.251 e. The summed E-state index contributed by atoms with van der Waals surface area (Å²) in [7, 11) is -3.58. The molecule has 0 radical (unpaired) electrons. The average molecular weight is 297 g/mol. The Labute approximate surface area is 109 Å². The number of nitrogens with one attached hydrogen (secondary N) is 1. The van der Waals surface area contributed by atoms with Crippen molar-refractivity contribution in [1.29, 1.82) is 0 Å². The van der Waals surface area contributed by atoms with Gasteiger partial charge >= 0.3 is 0 Å². The van der Waals surface area contributed by atoms with E-state index < -0.39 is 15.9 Å². The molecule has 0 aromatic heterocycles. The van der Waals surface area contributed by atoms with Crippen LogP contribution < -0.4 is 10.5 Å². The number of hydrogen-bond donors (Lipinski definition) is 2. The van der Waals surface area contributed by atoms with Gasteiger partial charge in [0.1, 0.15) is 0 Å². The van der Waals surface area contributed by atoms with Crippen LogP contribution in [-0.4, -0.2) is 26.6 Å². The first-order valence-corrected chi connectivity index (χ1v) is 7.00. The Hall–Kier alpha value is -0.820. The van der Waals surface area contributed by atoms with E-state index in [1.807, 2.05) is 0 Å². The molecule has 0 bridgehead atoms. The van der Waals surface area contributed by atoms with Crippen molar-refractivity contribution in [3.05, 3.63) is 33.8 Å². The fourth-order valence-electron chi connectivity index (χ4n) is 1.05. The highest BCUT2D eigenvalue weighted by atomic mass is 35.5. The number of primary sulfonamides is 1. The Kier molecular flexibility index (Phi) is 4.76. The number of amides is 1. The molecule has 0 fully saturated rings. The molecule has 0 unspecified atom stereocenters. The minimum atomic E-state index is -3.58. The van der Waals surface area contributed by atoms with Crippen molar-refractivity contribution < 1.29 is 13.2 Å². The summed E-state index contributed by atoms with van der Waals surface area (Å²) in [6, 6.07) is 4.37. The van der Waals surface area contributed by atoms with Crippen molar-refractivity contribution in [2.75, 3.05) is 12.3 Å². The Bertz CT molecular complexity index is 531. The second-order valence-electron chi connectivity index (χ2n) is 3.25. The van der Waals surface area contributed by atoms with Crippen LogP contribution in [0.4, 0.5) is 0 Å². The van der Waals surface area contributed by atoms with Crippen molar-refractivity contribution in [2.24, 2.45) is 5.14 Å². The van der Waals surface area contributed by atoms with Gasteiger partial charge in [0.05, 0.1) is 15.8 Å². The number of halogens is 2. The molecule has 0 heterocycles. The van der Waals surface area contributed by atoms with Gasteiger partial charge in [-0.3, -0.25) is 4.79 Å². The molecule has 1 rings (SSSR count). The second-order valence-corrected chi connectivity index (χ2v) is 5.80. The topological polar surface area (TPSA) is 89.3 Å². The molecular weight excluding hydrogens is 287 g/mol. The van der Waals surface area contributed by atoms with E-state index in [0.717, 1.165) is 0 Å². The zero-order chi connectivity index (χ0) is 13.1. The molecule has 94 valence electrons. The van der Waals surface area contributed by atoms with Gasteiger partial charge in [-0.2, -0.15) is 0 Å².